The first-order valence-corrected chi connectivity index (χ1v) is 3.40. The Bertz CT molecular complexity index is 403. The number of aromatic nitrogens is 3. The molecular formula is C6H10N4O2. The van der Waals surface area contributed by atoms with Gasteiger partial charge in [-0.25, -0.2) is 9.48 Å². The molecule has 1 heterocycles. The highest BCUT2D eigenvalue weighted by molar-refractivity contribution is 5.27. The molecule has 66 valence electrons. The fourth-order valence-electron chi connectivity index (χ4n) is 0.855. The highest BCUT2D eigenvalue weighted by Crippen LogP contribution is 1.83. The minimum Gasteiger partial charge on any atom is -0.367 e. The number of hydrogen-bond donors (Lipinski definition) is 1. The second-order valence-electron chi connectivity index (χ2n) is 2.37. The van der Waals surface area contributed by atoms with Crippen LogP contribution in [0.2, 0.25) is 0 Å². The van der Waals surface area contributed by atoms with E-state index in [1.165, 1.54) is 14.1 Å². The quantitative estimate of drug-likeness (QED) is 0.558. The molecule has 0 spiro atoms. The molecule has 12 heavy (non-hydrogen) atoms. The fraction of sp³-hybridized carbons (Fsp3) is 0.500. The second-order valence-corrected chi connectivity index (χ2v) is 2.37. The molecule has 0 aliphatic carbocycles. The molecule has 6 nitrogen and oxygen atoms in total. The van der Waals surface area contributed by atoms with E-state index < -0.39 is 11.2 Å². The van der Waals surface area contributed by atoms with Crippen LogP contribution in [-0.2, 0) is 14.1 Å². The van der Waals surface area contributed by atoms with Crippen LogP contribution in [-0.4, -0.2) is 21.4 Å². The number of anilines is 1. The fourth-order valence-corrected chi connectivity index (χ4v) is 0.855. The van der Waals surface area contributed by atoms with Gasteiger partial charge < -0.3 is 5.32 Å². The minimum absolute atomic E-state index is 0.166. The molecule has 0 amide bonds. The van der Waals surface area contributed by atoms with Crippen molar-refractivity contribution in [1.29, 1.82) is 0 Å². The van der Waals surface area contributed by atoms with E-state index in [1.54, 1.807) is 7.05 Å². The first kappa shape index (κ1) is 8.51. The molecule has 0 saturated heterocycles. The summed E-state index contributed by atoms with van der Waals surface area (Å²) < 4.78 is 2.10. The molecule has 0 saturated carbocycles. The molecular weight excluding hydrogens is 160 g/mol. The van der Waals surface area contributed by atoms with Gasteiger partial charge in [0.2, 0.25) is 5.82 Å². The van der Waals surface area contributed by atoms with Crippen molar-refractivity contribution in [2.75, 3.05) is 12.4 Å². The van der Waals surface area contributed by atoms with Crippen molar-refractivity contribution in [1.82, 2.24) is 14.3 Å². The maximum absolute atomic E-state index is 11.2. The number of nitrogens with zero attached hydrogens (tertiary/aromatic N) is 3. The van der Waals surface area contributed by atoms with E-state index in [1.807, 2.05) is 0 Å². The number of aryl methyl sites for hydroxylation is 1. The summed E-state index contributed by atoms with van der Waals surface area (Å²) in [6.07, 6.45) is 0. The van der Waals surface area contributed by atoms with Gasteiger partial charge in [-0.3, -0.25) is 9.36 Å². The molecule has 1 aromatic rings. The summed E-state index contributed by atoms with van der Waals surface area (Å²) in [5.41, 5.74) is -0.848. The average molecular weight is 170 g/mol. The van der Waals surface area contributed by atoms with Crippen molar-refractivity contribution in [3.05, 3.63) is 20.8 Å². The van der Waals surface area contributed by atoms with Crippen molar-refractivity contribution in [2.45, 2.75) is 0 Å². The van der Waals surface area contributed by atoms with Gasteiger partial charge in [0.25, 0.3) is 5.56 Å². The Kier molecular flexibility index (Phi) is 1.99. The summed E-state index contributed by atoms with van der Waals surface area (Å²) in [5, 5.41) is 6.31. The number of nitrogens with one attached hydrogen (secondary N) is 1. The zero-order valence-corrected chi connectivity index (χ0v) is 7.16. The normalized spacial score (nSPS) is 9.92. The zero-order chi connectivity index (χ0) is 9.30. The third-order valence-corrected chi connectivity index (χ3v) is 1.56. The Morgan fingerprint density at radius 1 is 1.33 bits per heavy atom. The molecule has 0 aliphatic rings. The van der Waals surface area contributed by atoms with Gasteiger partial charge in [-0.1, -0.05) is 0 Å². The first-order valence-electron chi connectivity index (χ1n) is 3.40. The van der Waals surface area contributed by atoms with Crippen molar-refractivity contribution in [3.63, 3.8) is 0 Å². The monoisotopic (exact) mass is 170 g/mol. The van der Waals surface area contributed by atoms with Crippen LogP contribution in [0.3, 0.4) is 0 Å². The van der Waals surface area contributed by atoms with E-state index in [-0.39, 0.29) is 5.82 Å². The molecule has 6 heteroatoms. The minimum atomic E-state index is -0.431. The van der Waals surface area contributed by atoms with E-state index in [2.05, 4.69) is 10.4 Å². The van der Waals surface area contributed by atoms with Crippen LogP contribution >= 0.6 is 0 Å². The first-order chi connectivity index (χ1) is 5.57. The predicted molar refractivity (Wildman–Crippen MR) is 44.3 cm³/mol. The third-order valence-electron chi connectivity index (χ3n) is 1.56. The summed E-state index contributed by atoms with van der Waals surface area (Å²) in [6, 6.07) is 0. The van der Waals surface area contributed by atoms with E-state index in [0.717, 1.165) is 9.25 Å². The zero-order valence-electron chi connectivity index (χ0n) is 7.16. The molecule has 0 unspecified atom stereocenters. The molecule has 0 aliphatic heterocycles. The summed E-state index contributed by atoms with van der Waals surface area (Å²) in [4.78, 5) is 22.3. The van der Waals surface area contributed by atoms with E-state index in [4.69, 9.17) is 0 Å². The SMILES string of the molecule is CNc1nn(C)c(=O)n(C)c1=O. The molecule has 0 radical (unpaired) electrons. The maximum atomic E-state index is 11.2. The van der Waals surface area contributed by atoms with Crippen LogP contribution in [0.4, 0.5) is 5.82 Å². The Morgan fingerprint density at radius 2 is 1.92 bits per heavy atom. The highest BCUT2D eigenvalue weighted by Gasteiger charge is 2.05. The smallest absolute Gasteiger partial charge is 0.346 e. The molecule has 1 N–H and O–H groups in total. The number of rotatable bonds is 1. The van der Waals surface area contributed by atoms with Gasteiger partial charge in [0.05, 0.1) is 0 Å². The van der Waals surface area contributed by atoms with Crippen LogP contribution in [0.5, 0.6) is 0 Å². The molecule has 0 atom stereocenters. The van der Waals surface area contributed by atoms with Gasteiger partial charge in [0, 0.05) is 21.1 Å². The number of hydrogen-bond acceptors (Lipinski definition) is 4. The Hall–Kier alpha value is -1.59. The van der Waals surface area contributed by atoms with Gasteiger partial charge in [-0.05, 0) is 0 Å². The van der Waals surface area contributed by atoms with Crippen LogP contribution in [0, 0.1) is 0 Å². The molecule has 1 rings (SSSR count). The van der Waals surface area contributed by atoms with E-state index >= 15 is 0 Å². The van der Waals surface area contributed by atoms with E-state index in [0.29, 0.717) is 0 Å². The summed E-state index contributed by atoms with van der Waals surface area (Å²) >= 11 is 0. The standard InChI is InChI=1S/C6H10N4O2/c1-7-4-5(11)9(2)6(12)10(3)8-4/h1-3H3,(H,7,8). The summed E-state index contributed by atoms with van der Waals surface area (Å²) in [5.74, 6) is 0.166. The predicted octanol–water partition coefficient (Wildman–Crippen LogP) is -1.48. The van der Waals surface area contributed by atoms with Crippen molar-refractivity contribution in [2.24, 2.45) is 14.1 Å². The maximum Gasteiger partial charge on any atom is 0.346 e. The van der Waals surface area contributed by atoms with Crippen LogP contribution in [0.1, 0.15) is 0 Å². The van der Waals surface area contributed by atoms with Crippen LogP contribution in [0.25, 0.3) is 0 Å². The Morgan fingerprint density at radius 3 is 2.42 bits per heavy atom. The van der Waals surface area contributed by atoms with Gasteiger partial charge >= 0.3 is 5.69 Å². The lowest BCUT2D eigenvalue weighted by atomic mass is 10.7. The third kappa shape index (κ3) is 1.11. The van der Waals surface area contributed by atoms with Crippen LogP contribution in [0.15, 0.2) is 9.59 Å². The van der Waals surface area contributed by atoms with Crippen molar-refractivity contribution < 1.29 is 0 Å². The molecule has 1 aromatic heterocycles. The van der Waals surface area contributed by atoms with Gasteiger partial charge in [-0.2, -0.15) is 0 Å². The van der Waals surface area contributed by atoms with E-state index in [9.17, 15) is 9.59 Å². The highest BCUT2D eigenvalue weighted by atomic mass is 16.2. The Labute approximate surface area is 68.4 Å². The van der Waals surface area contributed by atoms with Gasteiger partial charge in [0.1, 0.15) is 0 Å². The van der Waals surface area contributed by atoms with Crippen LogP contribution < -0.4 is 16.6 Å². The summed E-state index contributed by atoms with van der Waals surface area (Å²) in [6.45, 7) is 0. The lowest BCUT2D eigenvalue weighted by molar-refractivity contribution is 0.606. The topological polar surface area (TPSA) is 68.9 Å². The largest absolute Gasteiger partial charge is 0.367 e. The summed E-state index contributed by atoms with van der Waals surface area (Å²) in [7, 11) is 4.48. The Balaban J connectivity index is 3.61. The lowest BCUT2D eigenvalue weighted by Crippen LogP contribution is -2.39. The second kappa shape index (κ2) is 2.80. The molecule has 0 aromatic carbocycles. The lowest BCUT2D eigenvalue weighted by Gasteiger charge is -2.03. The van der Waals surface area contributed by atoms with Gasteiger partial charge in [0.15, 0.2) is 0 Å². The average Bonchev–Trinajstić information content (AvgIpc) is 2.08. The molecule has 0 fully saturated rings. The van der Waals surface area contributed by atoms with Crippen molar-refractivity contribution in [3.8, 4) is 0 Å². The van der Waals surface area contributed by atoms with Gasteiger partial charge in [-0.15, -0.1) is 5.10 Å². The molecule has 0 bridgehead atoms. The van der Waals surface area contributed by atoms with Crippen molar-refractivity contribution >= 4 is 5.82 Å².